The Morgan fingerprint density at radius 3 is 2.37 bits per heavy atom. The molecule has 6 rings (SSSR count). The summed E-state index contributed by atoms with van der Waals surface area (Å²) in [5, 5.41) is 19.5. The van der Waals surface area contributed by atoms with Gasteiger partial charge in [0.15, 0.2) is 0 Å². The van der Waals surface area contributed by atoms with Crippen molar-refractivity contribution in [3.63, 3.8) is 0 Å². The molecule has 3 atom stereocenters. The minimum atomic E-state index is -1.05. The maximum Gasteiger partial charge on any atom is 0.119 e. The summed E-state index contributed by atoms with van der Waals surface area (Å²) in [6, 6.07) is 24.2. The number of phenolic OH excluding ortho intramolecular Hbond substituents is 1. The van der Waals surface area contributed by atoms with E-state index >= 15 is 4.39 Å². The molecule has 0 bridgehead atoms. The summed E-state index contributed by atoms with van der Waals surface area (Å²) < 4.78 is 23.5. The molecule has 2 aliphatic rings. The highest BCUT2D eigenvalue weighted by Crippen LogP contribution is 2.44. The van der Waals surface area contributed by atoms with Crippen LogP contribution in [0.4, 0.5) is 4.39 Å². The van der Waals surface area contributed by atoms with Crippen molar-refractivity contribution in [3.05, 3.63) is 95.7 Å². The maximum absolute atomic E-state index is 16.1. The maximum atomic E-state index is 16.1. The number of aromatic hydroxyl groups is 1. The summed E-state index contributed by atoms with van der Waals surface area (Å²) in [4.78, 5) is 2.35. The van der Waals surface area contributed by atoms with Crippen LogP contribution in [0.5, 0.6) is 5.75 Å². The van der Waals surface area contributed by atoms with Crippen LogP contribution in [-0.4, -0.2) is 58.3 Å². The summed E-state index contributed by atoms with van der Waals surface area (Å²) >= 11 is 0. The molecule has 6 nitrogen and oxygen atoms in total. The Morgan fingerprint density at radius 2 is 1.66 bits per heavy atom. The Balaban J connectivity index is 1.21. The zero-order chi connectivity index (χ0) is 28.2. The highest BCUT2D eigenvalue weighted by atomic mass is 19.1. The van der Waals surface area contributed by atoms with Crippen LogP contribution in [0.2, 0.25) is 0 Å². The van der Waals surface area contributed by atoms with Gasteiger partial charge in [0.2, 0.25) is 0 Å². The van der Waals surface area contributed by atoms with Crippen molar-refractivity contribution in [2.24, 2.45) is 7.05 Å². The van der Waals surface area contributed by atoms with E-state index in [-0.39, 0.29) is 17.7 Å². The van der Waals surface area contributed by atoms with Crippen LogP contribution >= 0.6 is 0 Å². The van der Waals surface area contributed by atoms with Crippen LogP contribution in [0.15, 0.2) is 79.0 Å². The molecule has 2 fully saturated rings. The van der Waals surface area contributed by atoms with Crippen molar-refractivity contribution in [2.75, 3.05) is 26.3 Å². The van der Waals surface area contributed by atoms with E-state index in [4.69, 9.17) is 4.74 Å². The van der Waals surface area contributed by atoms with Crippen molar-refractivity contribution in [2.45, 2.75) is 50.5 Å². The second-order valence-corrected chi connectivity index (χ2v) is 11.3. The number of aryl methyl sites for hydroxylation is 1. The zero-order valence-electron chi connectivity index (χ0n) is 23.7. The number of halogens is 1. The van der Waals surface area contributed by atoms with Gasteiger partial charge in [-0.05, 0) is 42.0 Å². The van der Waals surface area contributed by atoms with Gasteiger partial charge < -0.3 is 15.2 Å². The predicted octanol–water partition coefficient (Wildman–Crippen LogP) is 6.06. The summed E-state index contributed by atoms with van der Waals surface area (Å²) in [6.45, 7) is 4.36. The Labute approximate surface area is 241 Å². The molecule has 1 aliphatic heterocycles. The van der Waals surface area contributed by atoms with Gasteiger partial charge in [-0.25, -0.2) is 4.39 Å². The molecule has 214 valence electrons. The van der Waals surface area contributed by atoms with Crippen LogP contribution in [0, 0.1) is 0 Å². The first-order valence-corrected chi connectivity index (χ1v) is 14.7. The first kappa shape index (κ1) is 27.6. The van der Waals surface area contributed by atoms with Gasteiger partial charge >= 0.3 is 0 Å². The molecular formula is C34H39FN4O2. The smallest absolute Gasteiger partial charge is 0.119 e. The number of benzene rings is 3. The Hall–Kier alpha value is -3.52. The van der Waals surface area contributed by atoms with E-state index in [0.29, 0.717) is 39.1 Å². The first-order chi connectivity index (χ1) is 20.1. The third-order valence-electron chi connectivity index (χ3n) is 8.58. The lowest BCUT2D eigenvalue weighted by Gasteiger charge is -2.35. The molecule has 1 saturated carbocycles. The van der Waals surface area contributed by atoms with Gasteiger partial charge in [-0.1, -0.05) is 66.7 Å². The second-order valence-electron chi connectivity index (χ2n) is 11.3. The second kappa shape index (κ2) is 12.6. The van der Waals surface area contributed by atoms with Crippen molar-refractivity contribution in [1.29, 1.82) is 0 Å². The lowest BCUT2D eigenvalue weighted by Crippen LogP contribution is -2.39. The molecule has 2 heterocycles. The van der Waals surface area contributed by atoms with Crippen LogP contribution in [0.25, 0.3) is 22.4 Å². The largest absolute Gasteiger partial charge is 0.508 e. The molecule has 7 heteroatoms. The van der Waals surface area contributed by atoms with Gasteiger partial charge in [0.25, 0.3) is 0 Å². The van der Waals surface area contributed by atoms with E-state index in [1.807, 2.05) is 60.4 Å². The third-order valence-corrected chi connectivity index (χ3v) is 8.58. The molecule has 1 saturated heterocycles. The van der Waals surface area contributed by atoms with Crippen LogP contribution in [0.3, 0.4) is 0 Å². The predicted molar refractivity (Wildman–Crippen MR) is 160 cm³/mol. The van der Waals surface area contributed by atoms with Gasteiger partial charge in [-0.2, -0.15) is 5.10 Å². The fourth-order valence-electron chi connectivity index (χ4n) is 6.49. The van der Waals surface area contributed by atoms with Crippen molar-refractivity contribution in [3.8, 4) is 28.1 Å². The number of hydrogen-bond donors (Lipinski definition) is 2. The molecule has 0 radical (unpaired) electrons. The molecule has 1 aromatic heterocycles. The minimum Gasteiger partial charge on any atom is -0.508 e. The quantitative estimate of drug-likeness (QED) is 0.277. The molecule has 4 aromatic rings. The van der Waals surface area contributed by atoms with E-state index in [0.717, 1.165) is 58.6 Å². The fraction of sp³-hybridized carbons (Fsp3) is 0.382. The van der Waals surface area contributed by atoms with Gasteiger partial charge in [-0.15, -0.1) is 0 Å². The summed E-state index contributed by atoms with van der Waals surface area (Å²) in [6.07, 6.45) is 2.93. The number of aromatic nitrogens is 2. The third kappa shape index (κ3) is 6.22. The molecule has 2 N–H and O–H groups in total. The standard InChI is InChI=1S/C34H39FN4O2/c1-38-22-26(34(37-38)25-10-6-3-7-11-25)21-36-27-12-13-29(31(35)20-27)33-30(23-39-16-18-41-19-17-39)28(14-15-32(33)40)24-8-4-2-5-9-24/h2-11,14-15,22,27,29,31,36,40H,12-13,16-21,23H2,1H3. The average molecular weight is 555 g/mol. The lowest BCUT2D eigenvalue weighted by atomic mass is 9.76. The number of phenols is 1. The molecule has 0 spiro atoms. The van der Waals surface area contributed by atoms with Crippen LogP contribution in [0.1, 0.15) is 41.9 Å². The van der Waals surface area contributed by atoms with Gasteiger partial charge in [-0.3, -0.25) is 9.58 Å². The van der Waals surface area contributed by atoms with Crippen LogP contribution < -0.4 is 5.32 Å². The van der Waals surface area contributed by atoms with E-state index in [2.05, 4.69) is 39.6 Å². The van der Waals surface area contributed by atoms with E-state index in [9.17, 15) is 5.11 Å². The van der Waals surface area contributed by atoms with Crippen molar-refractivity contribution in [1.82, 2.24) is 20.0 Å². The van der Waals surface area contributed by atoms with E-state index in [1.54, 1.807) is 6.07 Å². The first-order valence-electron chi connectivity index (χ1n) is 14.7. The molecule has 41 heavy (non-hydrogen) atoms. The molecule has 3 unspecified atom stereocenters. The van der Waals surface area contributed by atoms with Crippen LogP contribution in [-0.2, 0) is 24.9 Å². The summed E-state index contributed by atoms with van der Waals surface area (Å²) in [5.41, 5.74) is 7.13. The number of ether oxygens (including phenoxy) is 1. The number of rotatable bonds is 8. The Kier molecular flexibility index (Phi) is 8.46. The Morgan fingerprint density at radius 1 is 0.951 bits per heavy atom. The fourth-order valence-corrected chi connectivity index (χ4v) is 6.49. The van der Waals surface area contributed by atoms with Gasteiger partial charge in [0.05, 0.1) is 18.9 Å². The number of hydrogen-bond acceptors (Lipinski definition) is 5. The molecular weight excluding hydrogens is 515 g/mol. The molecule has 3 aromatic carbocycles. The SMILES string of the molecule is Cn1cc(CNC2CCC(c3c(O)ccc(-c4ccccc4)c3CN3CCOCC3)C(F)C2)c(-c2ccccc2)n1. The summed E-state index contributed by atoms with van der Waals surface area (Å²) in [7, 11) is 1.93. The average Bonchev–Trinajstić information content (AvgIpc) is 3.38. The van der Waals surface area contributed by atoms with E-state index in [1.165, 1.54) is 0 Å². The monoisotopic (exact) mass is 554 g/mol. The minimum absolute atomic E-state index is 0.0622. The Bertz CT molecular complexity index is 1440. The van der Waals surface area contributed by atoms with E-state index < -0.39 is 6.17 Å². The van der Waals surface area contributed by atoms with Gasteiger partial charge in [0, 0.05) is 68.1 Å². The van der Waals surface area contributed by atoms with Crippen molar-refractivity contribution >= 4 is 0 Å². The highest BCUT2D eigenvalue weighted by molar-refractivity contribution is 5.71. The number of nitrogens with zero attached hydrogens (tertiary/aromatic N) is 3. The topological polar surface area (TPSA) is 62.5 Å². The normalized spacial score (nSPS) is 21.7. The van der Waals surface area contributed by atoms with Gasteiger partial charge in [0.1, 0.15) is 11.9 Å². The number of morpholine rings is 1. The summed E-state index contributed by atoms with van der Waals surface area (Å²) in [5.74, 6) is -0.138. The molecule has 0 amide bonds. The number of nitrogens with one attached hydrogen (secondary N) is 1. The highest BCUT2D eigenvalue weighted by Gasteiger charge is 2.35. The zero-order valence-corrected chi connectivity index (χ0v) is 23.7. The number of alkyl halides is 1. The van der Waals surface area contributed by atoms with Crippen molar-refractivity contribution < 1.29 is 14.2 Å². The lowest BCUT2D eigenvalue weighted by molar-refractivity contribution is 0.0339. The molecule has 1 aliphatic carbocycles.